The van der Waals surface area contributed by atoms with Crippen LogP contribution in [-0.4, -0.2) is 34.5 Å². The number of benzene rings is 1. The Labute approximate surface area is 144 Å². The molecule has 1 aliphatic heterocycles. The monoisotopic (exact) mass is 335 g/mol. The van der Waals surface area contributed by atoms with Crippen LogP contribution < -0.4 is 5.32 Å². The number of aliphatic imine (C=N–C) groups is 1. The van der Waals surface area contributed by atoms with Gasteiger partial charge in [-0.2, -0.15) is 4.99 Å². The van der Waals surface area contributed by atoms with E-state index < -0.39 is 11.9 Å². The van der Waals surface area contributed by atoms with Crippen LogP contribution in [-0.2, 0) is 11.3 Å². The number of hydrogen-bond acceptors (Lipinski definition) is 3. The van der Waals surface area contributed by atoms with Gasteiger partial charge in [-0.1, -0.05) is 30.4 Å². The first kappa shape index (κ1) is 15.5. The molecule has 0 bridgehead atoms. The molecule has 3 aliphatic rings. The van der Waals surface area contributed by atoms with Gasteiger partial charge >= 0.3 is 6.03 Å². The fourth-order valence-corrected chi connectivity index (χ4v) is 2.87. The second-order valence-corrected chi connectivity index (χ2v) is 6.41. The van der Waals surface area contributed by atoms with Crippen molar-refractivity contribution >= 4 is 23.6 Å². The molecule has 4 rings (SSSR count). The lowest BCUT2D eigenvalue weighted by Crippen LogP contribution is -2.45. The van der Waals surface area contributed by atoms with Crippen LogP contribution in [0.1, 0.15) is 28.8 Å². The predicted octanol–water partition coefficient (Wildman–Crippen LogP) is 2.22. The molecule has 0 saturated heterocycles. The summed E-state index contributed by atoms with van der Waals surface area (Å²) in [4.78, 5) is 41.9. The molecule has 25 heavy (non-hydrogen) atoms. The molecule has 4 amide bonds. The van der Waals surface area contributed by atoms with E-state index in [0.717, 1.165) is 23.3 Å². The molecule has 1 aromatic carbocycles. The second-order valence-electron chi connectivity index (χ2n) is 6.41. The van der Waals surface area contributed by atoms with Crippen molar-refractivity contribution in [1.82, 2.24) is 10.2 Å². The molecule has 1 saturated carbocycles. The molecule has 1 unspecified atom stereocenters. The summed E-state index contributed by atoms with van der Waals surface area (Å²) >= 11 is 0. The predicted molar refractivity (Wildman–Crippen MR) is 92.1 cm³/mol. The van der Waals surface area contributed by atoms with Gasteiger partial charge in [-0.05, 0) is 36.6 Å². The van der Waals surface area contributed by atoms with Gasteiger partial charge in [0.2, 0.25) is 5.91 Å². The maximum absolute atomic E-state index is 12.6. The maximum atomic E-state index is 12.6. The van der Waals surface area contributed by atoms with Crippen molar-refractivity contribution in [3.63, 3.8) is 0 Å². The van der Waals surface area contributed by atoms with Gasteiger partial charge in [-0.3, -0.25) is 14.5 Å². The van der Waals surface area contributed by atoms with Crippen LogP contribution in [0.2, 0.25) is 0 Å². The summed E-state index contributed by atoms with van der Waals surface area (Å²) in [5.74, 6) is -0.856. The number of allylic oxidation sites excluding steroid dienone is 3. The van der Waals surface area contributed by atoms with Crippen molar-refractivity contribution < 1.29 is 14.4 Å². The Morgan fingerprint density at radius 1 is 1.16 bits per heavy atom. The van der Waals surface area contributed by atoms with Gasteiger partial charge in [0.05, 0.1) is 18.2 Å². The zero-order chi connectivity index (χ0) is 17.4. The van der Waals surface area contributed by atoms with Crippen molar-refractivity contribution in [3.8, 4) is 0 Å². The number of fused-ring (bicyclic) bond motifs is 1. The van der Waals surface area contributed by atoms with E-state index in [4.69, 9.17) is 0 Å². The minimum atomic E-state index is -0.549. The molecular formula is C19H17N3O3. The third kappa shape index (κ3) is 3.15. The summed E-state index contributed by atoms with van der Waals surface area (Å²) < 4.78 is 0. The molecule has 126 valence electrons. The second kappa shape index (κ2) is 6.12. The highest BCUT2D eigenvalue weighted by Gasteiger charge is 2.35. The van der Waals surface area contributed by atoms with Crippen LogP contribution in [0, 0.1) is 5.92 Å². The van der Waals surface area contributed by atoms with Crippen LogP contribution in [0.25, 0.3) is 0 Å². The third-order valence-corrected chi connectivity index (χ3v) is 4.46. The van der Waals surface area contributed by atoms with Crippen LogP contribution in [0.4, 0.5) is 4.79 Å². The Morgan fingerprint density at radius 2 is 1.92 bits per heavy atom. The van der Waals surface area contributed by atoms with Gasteiger partial charge in [0.15, 0.2) is 0 Å². The number of carbonyl (C=O) groups is 3. The molecule has 1 atom stereocenters. The summed E-state index contributed by atoms with van der Waals surface area (Å²) in [5, 5.41) is 2.93. The highest BCUT2D eigenvalue weighted by Crippen LogP contribution is 2.22. The van der Waals surface area contributed by atoms with Crippen molar-refractivity contribution in [1.29, 1.82) is 0 Å². The van der Waals surface area contributed by atoms with Crippen molar-refractivity contribution in [3.05, 3.63) is 59.7 Å². The van der Waals surface area contributed by atoms with Crippen molar-refractivity contribution in [2.24, 2.45) is 10.9 Å². The Kier molecular flexibility index (Phi) is 3.80. The first-order valence-electron chi connectivity index (χ1n) is 8.30. The normalized spacial score (nSPS) is 21.8. The van der Waals surface area contributed by atoms with Gasteiger partial charge in [-0.25, -0.2) is 4.79 Å². The Bertz CT molecular complexity index is 832. The quantitative estimate of drug-likeness (QED) is 0.916. The van der Waals surface area contributed by atoms with E-state index in [2.05, 4.69) is 10.3 Å². The number of imide groups is 1. The van der Waals surface area contributed by atoms with Gasteiger partial charge in [-0.15, -0.1) is 0 Å². The fraction of sp³-hybridized carbons (Fsp3) is 0.263. The molecule has 0 radical (unpaired) electrons. The summed E-state index contributed by atoms with van der Waals surface area (Å²) in [6.45, 7) is 0.146. The van der Waals surface area contributed by atoms with Crippen LogP contribution in [0.3, 0.4) is 0 Å². The number of urea groups is 1. The van der Waals surface area contributed by atoms with E-state index in [9.17, 15) is 14.4 Å². The fourth-order valence-electron chi connectivity index (χ4n) is 2.87. The number of carbonyl (C=O) groups excluding carboxylic acids is 3. The van der Waals surface area contributed by atoms with E-state index in [1.54, 1.807) is 48.6 Å². The van der Waals surface area contributed by atoms with E-state index in [1.807, 2.05) is 0 Å². The highest BCUT2D eigenvalue weighted by molar-refractivity contribution is 6.21. The number of nitrogens with one attached hydrogen (secondary N) is 1. The minimum absolute atomic E-state index is 0.0902. The van der Waals surface area contributed by atoms with Crippen molar-refractivity contribution in [2.45, 2.75) is 25.4 Å². The zero-order valence-electron chi connectivity index (χ0n) is 13.5. The van der Waals surface area contributed by atoms with E-state index >= 15 is 0 Å². The van der Waals surface area contributed by atoms with Gasteiger partial charge in [0, 0.05) is 11.6 Å². The molecule has 0 spiro atoms. The summed E-state index contributed by atoms with van der Waals surface area (Å²) in [6, 6.07) is 6.71. The highest BCUT2D eigenvalue weighted by atomic mass is 16.2. The van der Waals surface area contributed by atoms with Gasteiger partial charge in [0.25, 0.3) is 5.91 Å². The molecule has 1 fully saturated rings. The van der Waals surface area contributed by atoms with E-state index in [-0.39, 0.29) is 18.4 Å². The molecular weight excluding hydrogens is 318 g/mol. The van der Waals surface area contributed by atoms with Crippen molar-refractivity contribution in [2.75, 3.05) is 0 Å². The van der Waals surface area contributed by atoms with Gasteiger partial charge in [0.1, 0.15) is 0 Å². The van der Waals surface area contributed by atoms with E-state index in [1.165, 1.54) is 0 Å². The molecule has 1 heterocycles. The number of hydrogen-bond donors (Lipinski definition) is 1. The molecule has 6 heteroatoms. The number of rotatable bonds is 4. The molecule has 1 aromatic rings. The lowest BCUT2D eigenvalue weighted by Gasteiger charge is -2.28. The smallest absolute Gasteiger partial charge is 0.349 e. The zero-order valence-corrected chi connectivity index (χ0v) is 13.5. The van der Waals surface area contributed by atoms with Crippen LogP contribution in [0.15, 0.2) is 53.6 Å². The third-order valence-electron chi connectivity index (χ3n) is 4.46. The summed E-state index contributed by atoms with van der Waals surface area (Å²) in [5.41, 5.74) is 1.84. The minimum Gasteiger partial charge on any atom is -0.349 e. The molecule has 6 nitrogen and oxygen atoms in total. The molecule has 2 aliphatic carbocycles. The average molecular weight is 335 g/mol. The molecule has 0 aromatic heterocycles. The summed E-state index contributed by atoms with van der Waals surface area (Å²) in [7, 11) is 0. The lowest BCUT2D eigenvalue weighted by molar-refractivity contribution is -0.129. The Hall–Kier alpha value is -3.02. The lowest BCUT2D eigenvalue weighted by atomic mass is 9.95. The standard InChI is InChI=1S/C19H17N3O3/c23-17(20-14-9-10-14)13-7-5-12(6-8-13)11-22-18(24)15-3-1-2-4-16(15)21-19(22)25/h1-8,14-15H,9-11H2,(H,20,23). The Morgan fingerprint density at radius 3 is 2.64 bits per heavy atom. The molecule has 1 N–H and O–H groups in total. The first-order chi connectivity index (χ1) is 12.1. The van der Waals surface area contributed by atoms with Crippen LogP contribution in [0.5, 0.6) is 0 Å². The van der Waals surface area contributed by atoms with Crippen LogP contribution >= 0.6 is 0 Å². The Balaban J connectivity index is 1.48. The largest absolute Gasteiger partial charge is 0.350 e. The first-order valence-corrected chi connectivity index (χ1v) is 8.30. The SMILES string of the molecule is O=C(NC1CC1)c1ccc(CN2C(=O)N=C3C=CC=CC3C2=O)cc1. The number of amides is 4. The van der Waals surface area contributed by atoms with E-state index in [0.29, 0.717) is 17.3 Å². The maximum Gasteiger partial charge on any atom is 0.350 e. The average Bonchev–Trinajstić information content (AvgIpc) is 3.43. The topological polar surface area (TPSA) is 78.8 Å². The number of nitrogens with zero attached hydrogens (tertiary/aromatic N) is 2. The summed E-state index contributed by atoms with van der Waals surface area (Å²) in [6.07, 6.45) is 9.05. The van der Waals surface area contributed by atoms with Gasteiger partial charge < -0.3 is 5.32 Å².